The molecule has 0 spiro atoms. The molecule has 0 saturated carbocycles. The number of pyridine rings is 2. The predicted octanol–water partition coefficient (Wildman–Crippen LogP) is 2.39. The van der Waals surface area contributed by atoms with Gasteiger partial charge < -0.3 is 14.6 Å². The number of aliphatic hydroxyl groups is 1. The van der Waals surface area contributed by atoms with Gasteiger partial charge in [-0.2, -0.15) is 0 Å². The molecule has 0 saturated heterocycles. The Bertz CT molecular complexity index is 629. The summed E-state index contributed by atoms with van der Waals surface area (Å²) >= 11 is 0. The molecule has 0 aliphatic rings. The Hall–Kier alpha value is -2.14. The molecule has 2 aromatic rings. The zero-order chi connectivity index (χ0) is 15.4. The van der Waals surface area contributed by atoms with Crippen LogP contribution in [0.1, 0.15) is 28.6 Å². The fraction of sp³-hybridized carbons (Fsp3) is 0.375. The third-order valence-electron chi connectivity index (χ3n) is 3.43. The van der Waals surface area contributed by atoms with E-state index in [-0.39, 0.29) is 0 Å². The van der Waals surface area contributed by atoms with Crippen molar-refractivity contribution in [2.75, 3.05) is 14.2 Å². The lowest BCUT2D eigenvalue weighted by atomic mass is 10.0. The molecule has 0 bridgehead atoms. The lowest BCUT2D eigenvalue weighted by Crippen LogP contribution is -2.08. The SMILES string of the molecule is COc1cccc(C(O)Cc2ncc(C)c(OC)c2C)n1. The first kappa shape index (κ1) is 15.3. The molecule has 2 rings (SSSR count). The van der Waals surface area contributed by atoms with Crippen LogP contribution in [0.2, 0.25) is 0 Å². The number of aryl methyl sites for hydroxylation is 1. The van der Waals surface area contributed by atoms with Crippen molar-refractivity contribution >= 4 is 0 Å². The molecular formula is C16H20N2O3. The minimum Gasteiger partial charge on any atom is -0.496 e. The normalized spacial score (nSPS) is 12.0. The molecule has 112 valence electrons. The molecule has 1 atom stereocenters. The molecule has 1 unspecified atom stereocenters. The van der Waals surface area contributed by atoms with E-state index in [2.05, 4.69) is 9.97 Å². The van der Waals surface area contributed by atoms with E-state index in [4.69, 9.17) is 9.47 Å². The molecule has 2 heterocycles. The third kappa shape index (κ3) is 3.31. The molecule has 21 heavy (non-hydrogen) atoms. The second-order valence-electron chi connectivity index (χ2n) is 4.87. The van der Waals surface area contributed by atoms with Gasteiger partial charge in [-0.3, -0.25) is 4.98 Å². The third-order valence-corrected chi connectivity index (χ3v) is 3.43. The second kappa shape index (κ2) is 6.54. The maximum atomic E-state index is 10.4. The number of hydrogen-bond donors (Lipinski definition) is 1. The van der Waals surface area contributed by atoms with E-state index in [1.165, 1.54) is 0 Å². The summed E-state index contributed by atoms with van der Waals surface area (Å²) in [5.74, 6) is 1.29. The van der Waals surface area contributed by atoms with Crippen LogP contribution in [-0.2, 0) is 6.42 Å². The zero-order valence-corrected chi connectivity index (χ0v) is 12.8. The van der Waals surface area contributed by atoms with E-state index in [1.54, 1.807) is 38.6 Å². The highest BCUT2D eigenvalue weighted by Gasteiger charge is 2.16. The number of aliphatic hydroxyl groups excluding tert-OH is 1. The first-order valence-corrected chi connectivity index (χ1v) is 6.75. The lowest BCUT2D eigenvalue weighted by Gasteiger charge is -2.15. The van der Waals surface area contributed by atoms with Crippen LogP contribution in [0.3, 0.4) is 0 Å². The maximum absolute atomic E-state index is 10.4. The van der Waals surface area contributed by atoms with Crippen molar-refractivity contribution in [3.8, 4) is 11.6 Å². The fourth-order valence-electron chi connectivity index (χ4n) is 2.29. The Kier molecular flexibility index (Phi) is 4.75. The van der Waals surface area contributed by atoms with E-state index in [0.717, 1.165) is 22.6 Å². The quantitative estimate of drug-likeness (QED) is 0.915. The summed E-state index contributed by atoms with van der Waals surface area (Å²) in [6.45, 7) is 3.89. The van der Waals surface area contributed by atoms with Gasteiger partial charge in [0, 0.05) is 35.5 Å². The van der Waals surface area contributed by atoms with Gasteiger partial charge in [-0.1, -0.05) is 6.07 Å². The van der Waals surface area contributed by atoms with E-state index in [9.17, 15) is 5.11 Å². The van der Waals surface area contributed by atoms with Gasteiger partial charge in [0.1, 0.15) is 11.9 Å². The molecule has 0 aliphatic carbocycles. The summed E-state index contributed by atoms with van der Waals surface area (Å²) in [4.78, 5) is 8.64. The summed E-state index contributed by atoms with van der Waals surface area (Å²) < 4.78 is 10.5. The number of methoxy groups -OCH3 is 2. The van der Waals surface area contributed by atoms with Crippen molar-refractivity contribution in [3.05, 3.63) is 46.9 Å². The molecule has 0 aliphatic heterocycles. The molecule has 0 fully saturated rings. The van der Waals surface area contributed by atoms with Crippen molar-refractivity contribution in [2.24, 2.45) is 0 Å². The minimum absolute atomic E-state index is 0.378. The number of ether oxygens (including phenoxy) is 2. The predicted molar refractivity (Wildman–Crippen MR) is 79.7 cm³/mol. The molecule has 0 radical (unpaired) electrons. The van der Waals surface area contributed by atoms with Crippen LogP contribution in [0.15, 0.2) is 24.4 Å². The van der Waals surface area contributed by atoms with E-state index in [1.807, 2.05) is 13.8 Å². The molecule has 1 N–H and O–H groups in total. The molecule has 5 nitrogen and oxygen atoms in total. The van der Waals surface area contributed by atoms with Crippen LogP contribution in [0.4, 0.5) is 0 Å². The van der Waals surface area contributed by atoms with Gasteiger partial charge >= 0.3 is 0 Å². The maximum Gasteiger partial charge on any atom is 0.213 e. The number of rotatable bonds is 5. The topological polar surface area (TPSA) is 64.5 Å². The highest BCUT2D eigenvalue weighted by atomic mass is 16.5. The van der Waals surface area contributed by atoms with Crippen LogP contribution in [0.25, 0.3) is 0 Å². The van der Waals surface area contributed by atoms with Crippen LogP contribution in [0.5, 0.6) is 11.6 Å². The Morgan fingerprint density at radius 3 is 2.62 bits per heavy atom. The van der Waals surface area contributed by atoms with Crippen molar-refractivity contribution in [1.29, 1.82) is 0 Å². The average molecular weight is 288 g/mol. The number of nitrogens with zero attached hydrogens (tertiary/aromatic N) is 2. The van der Waals surface area contributed by atoms with Gasteiger partial charge in [-0.05, 0) is 19.9 Å². The van der Waals surface area contributed by atoms with Gasteiger partial charge in [0.25, 0.3) is 0 Å². The van der Waals surface area contributed by atoms with E-state index in [0.29, 0.717) is 18.0 Å². The molecule has 5 heteroatoms. The van der Waals surface area contributed by atoms with Crippen molar-refractivity contribution < 1.29 is 14.6 Å². The molecule has 0 amide bonds. The summed E-state index contributed by atoms with van der Waals surface area (Å²) in [5.41, 5.74) is 3.29. The number of aromatic nitrogens is 2. The Morgan fingerprint density at radius 2 is 1.95 bits per heavy atom. The second-order valence-corrected chi connectivity index (χ2v) is 4.87. The monoisotopic (exact) mass is 288 g/mol. The summed E-state index contributed by atoms with van der Waals surface area (Å²) in [5, 5.41) is 10.4. The molecule has 2 aromatic heterocycles. The highest BCUT2D eigenvalue weighted by Crippen LogP contribution is 2.27. The van der Waals surface area contributed by atoms with E-state index >= 15 is 0 Å². The average Bonchev–Trinajstić information content (AvgIpc) is 2.50. The summed E-state index contributed by atoms with van der Waals surface area (Å²) in [6, 6.07) is 5.32. The van der Waals surface area contributed by atoms with Crippen LogP contribution in [0, 0.1) is 13.8 Å². The van der Waals surface area contributed by atoms with Gasteiger partial charge in [-0.25, -0.2) is 4.98 Å². The first-order chi connectivity index (χ1) is 10.1. The Morgan fingerprint density at radius 1 is 1.19 bits per heavy atom. The van der Waals surface area contributed by atoms with Gasteiger partial charge in [-0.15, -0.1) is 0 Å². The van der Waals surface area contributed by atoms with Gasteiger partial charge in [0.15, 0.2) is 0 Å². The Labute approximate surface area is 124 Å². The van der Waals surface area contributed by atoms with Crippen LogP contribution in [-0.4, -0.2) is 29.3 Å². The Balaban J connectivity index is 2.25. The zero-order valence-electron chi connectivity index (χ0n) is 12.8. The smallest absolute Gasteiger partial charge is 0.213 e. The number of hydrogen-bond acceptors (Lipinski definition) is 5. The van der Waals surface area contributed by atoms with E-state index < -0.39 is 6.10 Å². The van der Waals surface area contributed by atoms with Gasteiger partial charge in [0.2, 0.25) is 5.88 Å². The van der Waals surface area contributed by atoms with Crippen molar-refractivity contribution in [1.82, 2.24) is 9.97 Å². The minimum atomic E-state index is -0.737. The van der Waals surface area contributed by atoms with Crippen LogP contribution < -0.4 is 9.47 Å². The highest BCUT2D eigenvalue weighted by molar-refractivity contribution is 5.41. The van der Waals surface area contributed by atoms with Crippen molar-refractivity contribution in [3.63, 3.8) is 0 Å². The van der Waals surface area contributed by atoms with Crippen LogP contribution >= 0.6 is 0 Å². The molecular weight excluding hydrogens is 268 g/mol. The van der Waals surface area contributed by atoms with Gasteiger partial charge in [0.05, 0.1) is 19.9 Å². The summed E-state index contributed by atoms with van der Waals surface area (Å²) in [7, 11) is 3.19. The lowest BCUT2D eigenvalue weighted by molar-refractivity contribution is 0.171. The molecule has 0 aromatic carbocycles. The largest absolute Gasteiger partial charge is 0.496 e. The first-order valence-electron chi connectivity index (χ1n) is 6.75. The fourth-order valence-corrected chi connectivity index (χ4v) is 2.29. The summed E-state index contributed by atoms with van der Waals surface area (Å²) in [6.07, 6.45) is 1.40. The standard InChI is InChI=1S/C16H20N2O3/c1-10-9-17-13(11(2)16(10)21-4)8-14(19)12-6-5-7-15(18-12)20-3/h5-7,9,14,19H,8H2,1-4H3. The van der Waals surface area contributed by atoms with Crippen molar-refractivity contribution in [2.45, 2.75) is 26.4 Å².